The van der Waals surface area contributed by atoms with Gasteiger partial charge in [0.15, 0.2) is 0 Å². The van der Waals surface area contributed by atoms with Gasteiger partial charge in [-0.25, -0.2) is 0 Å². The predicted octanol–water partition coefficient (Wildman–Crippen LogP) is 5.71. The highest BCUT2D eigenvalue weighted by molar-refractivity contribution is 5.30. The zero-order valence-electron chi connectivity index (χ0n) is 12.6. The molecule has 1 rings (SSSR count). The fraction of sp³-hybridized carbons (Fsp3) is 0.667. The van der Waals surface area contributed by atoms with Gasteiger partial charge >= 0.3 is 0 Å². The van der Waals surface area contributed by atoms with Crippen LogP contribution in [0.15, 0.2) is 18.2 Å². The van der Waals surface area contributed by atoms with Crippen molar-refractivity contribution in [2.75, 3.05) is 0 Å². The van der Waals surface area contributed by atoms with Crippen LogP contribution in [0.1, 0.15) is 76.0 Å². The number of aryl methyl sites for hydroxylation is 3. The lowest BCUT2D eigenvalue weighted by atomic mass is 9.97. The Kier molecular flexibility index (Phi) is 7.80. The first-order valence-corrected chi connectivity index (χ1v) is 7.91. The monoisotopic (exact) mass is 246 g/mol. The molecule has 102 valence electrons. The SMILES string of the molecule is CCCCCc1cc(CC)cc(CCCCC)c1. The van der Waals surface area contributed by atoms with Gasteiger partial charge in [0.25, 0.3) is 0 Å². The molecule has 0 spiro atoms. The lowest BCUT2D eigenvalue weighted by Crippen LogP contribution is -1.94. The highest BCUT2D eigenvalue weighted by Gasteiger charge is 2.01. The quantitative estimate of drug-likeness (QED) is 0.489. The van der Waals surface area contributed by atoms with Crippen molar-refractivity contribution in [3.8, 4) is 0 Å². The summed E-state index contributed by atoms with van der Waals surface area (Å²) in [5.41, 5.74) is 4.65. The number of benzene rings is 1. The third-order valence-electron chi connectivity index (χ3n) is 3.66. The zero-order valence-corrected chi connectivity index (χ0v) is 12.6. The molecule has 0 aliphatic heterocycles. The van der Waals surface area contributed by atoms with Crippen LogP contribution in [0.3, 0.4) is 0 Å². The van der Waals surface area contributed by atoms with Crippen molar-refractivity contribution in [2.24, 2.45) is 0 Å². The number of hydrogen-bond acceptors (Lipinski definition) is 0. The molecule has 0 unspecified atom stereocenters. The largest absolute Gasteiger partial charge is 0.0654 e. The molecule has 0 fully saturated rings. The minimum Gasteiger partial charge on any atom is -0.0654 e. The van der Waals surface area contributed by atoms with E-state index < -0.39 is 0 Å². The van der Waals surface area contributed by atoms with Crippen LogP contribution in [0.5, 0.6) is 0 Å². The van der Waals surface area contributed by atoms with Gasteiger partial charge in [-0.2, -0.15) is 0 Å². The molecule has 0 atom stereocenters. The molecule has 0 bridgehead atoms. The first-order chi connectivity index (χ1) is 8.80. The molecule has 0 amide bonds. The van der Waals surface area contributed by atoms with E-state index in [1.807, 2.05) is 0 Å². The smallest absolute Gasteiger partial charge is 0.0279 e. The second-order valence-corrected chi connectivity index (χ2v) is 5.43. The van der Waals surface area contributed by atoms with Gasteiger partial charge in [-0.15, -0.1) is 0 Å². The van der Waals surface area contributed by atoms with Crippen LogP contribution >= 0.6 is 0 Å². The van der Waals surface area contributed by atoms with Gasteiger partial charge in [0.1, 0.15) is 0 Å². The van der Waals surface area contributed by atoms with Gasteiger partial charge < -0.3 is 0 Å². The third-order valence-corrected chi connectivity index (χ3v) is 3.66. The summed E-state index contributed by atoms with van der Waals surface area (Å²) in [6, 6.07) is 7.28. The maximum atomic E-state index is 2.45. The van der Waals surface area contributed by atoms with Crippen molar-refractivity contribution in [3.63, 3.8) is 0 Å². The Morgan fingerprint density at radius 2 is 1.06 bits per heavy atom. The minimum atomic E-state index is 1.17. The topological polar surface area (TPSA) is 0 Å². The zero-order chi connectivity index (χ0) is 13.2. The Morgan fingerprint density at radius 1 is 0.611 bits per heavy atom. The van der Waals surface area contributed by atoms with Crippen LogP contribution in [0.4, 0.5) is 0 Å². The summed E-state index contributed by atoms with van der Waals surface area (Å²) in [7, 11) is 0. The maximum Gasteiger partial charge on any atom is -0.0279 e. The standard InChI is InChI=1S/C18H30/c1-4-7-9-11-17-13-16(6-3)14-18(15-17)12-10-8-5-2/h13-15H,4-12H2,1-3H3. The van der Waals surface area contributed by atoms with Crippen LogP contribution in [-0.2, 0) is 19.3 Å². The molecule has 0 aliphatic rings. The molecule has 0 saturated heterocycles. The molecule has 0 heterocycles. The van der Waals surface area contributed by atoms with E-state index in [9.17, 15) is 0 Å². The second kappa shape index (κ2) is 9.19. The van der Waals surface area contributed by atoms with E-state index in [1.54, 1.807) is 11.1 Å². The van der Waals surface area contributed by atoms with Crippen LogP contribution in [0, 0.1) is 0 Å². The van der Waals surface area contributed by atoms with Crippen LogP contribution in [0.2, 0.25) is 0 Å². The van der Waals surface area contributed by atoms with E-state index >= 15 is 0 Å². The van der Waals surface area contributed by atoms with Crippen LogP contribution in [-0.4, -0.2) is 0 Å². The summed E-state index contributed by atoms with van der Waals surface area (Å²) in [5, 5.41) is 0. The molecule has 0 radical (unpaired) electrons. The van der Waals surface area contributed by atoms with Crippen molar-refractivity contribution >= 4 is 0 Å². The van der Waals surface area contributed by atoms with Gasteiger partial charge in [-0.05, 0) is 48.8 Å². The Labute approximate surface area is 114 Å². The summed E-state index contributed by atoms with van der Waals surface area (Å²) in [6.45, 7) is 6.82. The summed E-state index contributed by atoms with van der Waals surface area (Å²) in [6.07, 6.45) is 11.8. The highest BCUT2D eigenvalue weighted by Crippen LogP contribution is 2.16. The summed E-state index contributed by atoms with van der Waals surface area (Å²) in [4.78, 5) is 0. The van der Waals surface area contributed by atoms with Crippen molar-refractivity contribution in [1.29, 1.82) is 0 Å². The van der Waals surface area contributed by atoms with Gasteiger partial charge in [-0.1, -0.05) is 64.7 Å². The first kappa shape index (κ1) is 15.3. The van der Waals surface area contributed by atoms with E-state index in [0.717, 1.165) is 0 Å². The van der Waals surface area contributed by atoms with E-state index in [0.29, 0.717) is 0 Å². The molecule has 0 saturated carbocycles. The van der Waals surface area contributed by atoms with Gasteiger partial charge in [0.05, 0.1) is 0 Å². The number of rotatable bonds is 9. The summed E-state index contributed by atoms with van der Waals surface area (Å²) in [5.74, 6) is 0. The Bertz CT molecular complexity index is 297. The Morgan fingerprint density at radius 3 is 1.44 bits per heavy atom. The molecule has 1 aromatic rings. The maximum absolute atomic E-state index is 2.45. The fourth-order valence-electron chi connectivity index (χ4n) is 2.49. The Balaban J connectivity index is 2.62. The van der Waals surface area contributed by atoms with E-state index in [2.05, 4.69) is 39.0 Å². The predicted molar refractivity (Wildman–Crippen MR) is 82.3 cm³/mol. The highest BCUT2D eigenvalue weighted by atomic mass is 14.1. The Hall–Kier alpha value is -0.780. The van der Waals surface area contributed by atoms with Crippen molar-refractivity contribution in [1.82, 2.24) is 0 Å². The first-order valence-electron chi connectivity index (χ1n) is 7.91. The molecular weight excluding hydrogens is 216 g/mol. The molecule has 0 aromatic heterocycles. The van der Waals surface area contributed by atoms with E-state index in [4.69, 9.17) is 0 Å². The number of hydrogen-bond donors (Lipinski definition) is 0. The van der Waals surface area contributed by atoms with Gasteiger partial charge in [0, 0.05) is 0 Å². The molecule has 18 heavy (non-hydrogen) atoms. The average Bonchev–Trinajstić information content (AvgIpc) is 2.39. The molecular formula is C18H30. The van der Waals surface area contributed by atoms with Crippen molar-refractivity contribution < 1.29 is 0 Å². The fourth-order valence-corrected chi connectivity index (χ4v) is 2.49. The lowest BCUT2D eigenvalue weighted by molar-refractivity contribution is 0.707. The van der Waals surface area contributed by atoms with Crippen LogP contribution < -0.4 is 0 Å². The average molecular weight is 246 g/mol. The van der Waals surface area contributed by atoms with Crippen molar-refractivity contribution in [3.05, 3.63) is 34.9 Å². The van der Waals surface area contributed by atoms with Gasteiger partial charge in [-0.3, -0.25) is 0 Å². The molecule has 0 aliphatic carbocycles. The normalized spacial score (nSPS) is 10.8. The van der Waals surface area contributed by atoms with Crippen LogP contribution in [0.25, 0.3) is 0 Å². The molecule has 0 nitrogen and oxygen atoms in total. The number of unbranched alkanes of at least 4 members (excludes halogenated alkanes) is 4. The summed E-state index contributed by atoms with van der Waals surface area (Å²) < 4.78 is 0. The minimum absolute atomic E-state index is 1.17. The summed E-state index contributed by atoms with van der Waals surface area (Å²) >= 11 is 0. The van der Waals surface area contributed by atoms with E-state index in [-0.39, 0.29) is 0 Å². The third kappa shape index (κ3) is 5.71. The molecule has 1 aromatic carbocycles. The second-order valence-electron chi connectivity index (χ2n) is 5.43. The molecule has 0 heteroatoms. The van der Waals surface area contributed by atoms with E-state index in [1.165, 1.54) is 63.4 Å². The van der Waals surface area contributed by atoms with Gasteiger partial charge in [0.2, 0.25) is 0 Å². The lowest BCUT2D eigenvalue weighted by Gasteiger charge is -2.09. The molecule has 0 N–H and O–H groups in total. The van der Waals surface area contributed by atoms with Crippen molar-refractivity contribution in [2.45, 2.75) is 78.6 Å².